The summed E-state index contributed by atoms with van der Waals surface area (Å²) in [4.78, 5) is 12.0. The number of rotatable bonds is 5. The van der Waals surface area contributed by atoms with E-state index in [0.29, 0.717) is 6.61 Å². The normalized spacial score (nSPS) is 11.0. The largest absolute Gasteiger partial charge is 0.494 e. The fourth-order valence-corrected chi connectivity index (χ4v) is 2.62. The highest BCUT2D eigenvalue weighted by molar-refractivity contribution is 9.10. The smallest absolute Gasteiger partial charge is 0.157 e. The molecule has 1 aromatic carbocycles. The van der Waals surface area contributed by atoms with Gasteiger partial charge in [0, 0.05) is 22.1 Å². The van der Waals surface area contributed by atoms with E-state index in [1.165, 1.54) is 0 Å². The van der Waals surface area contributed by atoms with Crippen LogP contribution in [0.25, 0.3) is 11.2 Å². The fraction of sp³-hybridized carbons (Fsp3) is 0.250. The van der Waals surface area contributed by atoms with Gasteiger partial charge in [0.25, 0.3) is 0 Å². The highest BCUT2D eigenvalue weighted by Crippen LogP contribution is 2.22. The van der Waals surface area contributed by atoms with Gasteiger partial charge in [-0.2, -0.15) is 0 Å². The molecule has 0 bridgehead atoms. The number of halogens is 2. The Kier molecular flexibility index (Phi) is 4.64. The summed E-state index contributed by atoms with van der Waals surface area (Å²) in [6.45, 7) is 2.59. The van der Waals surface area contributed by atoms with Crippen LogP contribution in [-0.2, 0) is 6.42 Å². The van der Waals surface area contributed by atoms with Crippen molar-refractivity contribution in [3.63, 3.8) is 0 Å². The van der Waals surface area contributed by atoms with Gasteiger partial charge in [0.1, 0.15) is 17.1 Å². The van der Waals surface area contributed by atoms with E-state index in [9.17, 15) is 0 Å². The zero-order valence-electron chi connectivity index (χ0n) is 12.1. The van der Waals surface area contributed by atoms with E-state index in [0.717, 1.165) is 50.6 Å². The monoisotopic (exact) mass is 379 g/mol. The lowest BCUT2D eigenvalue weighted by Gasteiger charge is -2.06. The molecule has 0 aliphatic carbocycles. The molecule has 0 spiro atoms. The Morgan fingerprint density at radius 2 is 2.18 bits per heavy atom. The van der Waals surface area contributed by atoms with Crippen molar-refractivity contribution < 1.29 is 4.74 Å². The van der Waals surface area contributed by atoms with E-state index >= 15 is 0 Å². The predicted octanol–water partition coefficient (Wildman–Crippen LogP) is 4.69. The van der Waals surface area contributed by atoms with Gasteiger partial charge in [-0.25, -0.2) is 9.97 Å². The van der Waals surface area contributed by atoms with Crippen molar-refractivity contribution in [3.05, 3.63) is 51.3 Å². The average molecular weight is 381 g/mol. The molecule has 0 fully saturated rings. The minimum atomic E-state index is 0.619. The molecule has 1 N–H and O–H groups in total. The molecule has 0 saturated heterocycles. The maximum absolute atomic E-state index is 6.07. The maximum Gasteiger partial charge on any atom is 0.157 e. The first-order chi connectivity index (χ1) is 10.6. The molecule has 0 radical (unpaired) electrons. The number of H-pyrrole nitrogens is 1. The van der Waals surface area contributed by atoms with Crippen molar-refractivity contribution in [2.75, 3.05) is 6.61 Å². The van der Waals surface area contributed by atoms with E-state index in [2.05, 4.69) is 30.9 Å². The zero-order valence-corrected chi connectivity index (χ0v) is 14.4. The summed E-state index contributed by atoms with van der Waals surface area (Å²) in [5, 5.41) is 0.728. The summed E-state index contributed by atoms with van der Waals surface area (Å²) >= 11 is 9.47. The molecule has 2 aromatic heterocycles. The van der Waals surface area contributed by atoms with E-state index in [1.807, 2.05) is 31.2 Å². The molecular weight excluding hydrogens is 366 g/mol. The number of aromatic amines is 1. The number of ether oxygens (including phenoxy) is 1. The summed E-state index contributed by atoms with van der Waals surface area (Å²) in [6, 6.07) is 7.69. The number of fused-ring (bicyclic) bond motifs is 1. The first kappa shape index (κ1) is 15.3. The Morgan fingerprint density at radius 3 is 3.00 bits per heavy atom. The van der Waals surface area contributed by atoms with Gasteiger partial charge < -0.3 is 9.72 Å². The van der Waals surface area contributed by atoms with Gasteiger partial charge >= 0.3 is 0 Å². The van der Waals surface area contributed by atoms with E-state index in [1.54, 1.807) is 6.20 Å². The van der Waals surface area contributed by atoms with E-state index < -0.39 is 0 Å². The molecule has 0 amide bonds. The third-order valence-electron chi connectivity index (χ3n) is 3.32. The van der Waals surface area contributed by atoms with Gasteiger partial charge in [0.15, 0.2) is 5.65 Å². The predicted molar refractivity (Wildman–Crippen MR) is 91.6 cm³/mol. The number of nitrogens with zero attached hydrogens (tertiary/aromatic N) is 2. The highest BCUT2D eigenvalue weighted by atomic mass is 79.9. The van der Waals surface area contributed by atoms with Crippen molar-refractivity contribution in [2.24, 2.45) is 0 Å². The number of hydrogen-bond donors (Lipinski definition) is 1. The zero-order chi connectivity index (χ0) is 15.5. The van der Waals surface area contributed by atoms with Crippen LogP contribution < -0.4 is 4.74 Å². The van der Waals surface area contributed by atoms with Gasteiger partial charge in [0.05, 0.1) is 6.61 Å². The minimum absolute atomic E-state index is 0.619. The third-order valence-corrected chi connectivity index (χ3v) is 4.16. The standard InChI is InChI=1S/C16H15BrClN3O/c1-10-4-5-12(8-13(10)18)22-6-2-3-15-20-14-7-11(17)9-19-16(14)21-15/h4-5,7-9H,2-3,6H2,1H3,(H,19,20,21). The lowest BCUT2D eigenvalue weighted by molar-refractivity contribution is 0.310. The number of aromatic nitrogens is 3. The average Bonchev–Trinajstić information content (AvgIpc) is 2.89. The molecular formula is C16H15BrClN3O. The number of aryl methyl sites for hydroxylation is 2. The molecule has 114 valence electrons. The van der Waals surface area contributed by atoms with Crippen LogP contribution in [-0.4, -0.2) is 21.6 Å². The van der Waals surface area contributed by atoms with Gasteiger partial charge in [-0.05, 0) is 53.0 Å². The first-order valence-corrected chi connectivity index (χ1v) is 8.18. The van der Waals surface area contributed by atoms with Gasteiger partial charge in [-0.15, -0.1) is 0 Å². The fourth-order valence-electron chi connectivity index (χ4n) is 2.13. The molecule has 2 heterocycles. The van der Waals surface area contributed by atoms with Crippen LogP contribution in [0.5, 0.6) is 5.75 Å². The Bertz CT molecular complexity index is 803. The Hall–Kier alpha value is -1.59. The topological polar surface area (TPSA) is 50.8 Å². The molecule has 0 aliphatic heterocycles. The SMILES string of the molecule is Cc1ccc(OCCCc2nc3cc(Br)cnc3[nH]2)cc1Cl. The highest BCUT2D eigenvalue weighted by Gasteiger charge is 2.05. The van der Waals surface area contributed by atoms with Gasteiger partial charge in [-0.1, -0.05) is 17.7 Å². The van der Waals surface area contributed by atoms with E-state index in [-0.39, 0.29) is 0 Å². The molecule has 0 atom stereocenters. The van der Waals surface area contributed by atoms with Crippen molar-refractivity contribution >= 4 is 38.7 Å². The number of pyridine rings is 1. The van der Waals surface area contributed by atoms with Crippen molar-refractivity contribution in [1.29, 1.82) is 0 Å². The van der Waals surface area contributed by atoms with Crippen LogP contribution in [0.2, 0.25) is 5.02 Å². The van der Waals surface area contributed by atoms with Crippen LogP contribution in [0, 0.1) is 6.92 Å². The molecule has 22 heavy (non-hydrogen) atoms. The second-order valence-electron chi connectivity index (χ2n) is 5.07. The summed E-state index contributed by atoms with van der Waals surface area (Å²) in [5.41, 5.74) is 2.73. The summed E-state index contributed by atoms with van der Waals surface area (Å²) in [7, 11) is 0. The Labute approximate surface area is 142 Å². The molecule has 0 aliphatic rings. The van der Waals surface area contributed by atoms with Crippen LogP contribution in [0.4, 0.5) is 0 Å². The summed E-state index contributed by atoms with van der Waals surface area (Å²) in [6.07, 6.45) is 3.44. The minimum Gasteiger partial charge on any atom is -0.494 e. The van der Waals surface area contributed by atoms with Gasteiger partial charge in [0.2, 0.25) is 0 Å². The van der Waals surface area contributed by atoms with Crippen molar-refractivity contribution in [1.82, 2.24) is 15.0 Å². The number of nitrogens with one attached hydrogen (secondary N) is 1. The van der Waals surface area contributed by atoms with Crippen LogP contribution in [0.1, 0.15) is 17.8 Å². The lowest BCUT2D eigenvalue weighted by atomic mass is 10.2. The van der Waals surface area contributed by atoms with Crippen molar-refractivity contribution in [2.45, 2.75) is 19.8 Å². The third kappa shape index (κ3) is 3.59. The molecule has 0 unspecified atom stereocenters. The Morgan fingerprint density at radius 1 is 1.32 bits per heavy atom. The molecule has 6 heteroatoms. The number of imidazole rings is 1. The second kappa shape index (κ2) is 6.67. The summed E-state index contributed by atoms with van der Waals surface area (Å²) < 4.78 is 6.64. The molecule has 4 nitrogen and oxygen atoms in total. The second-order valence-corrected chi connectivity index (χ2v) is 6.39. The molecule has 3 rings (SSSR count). The Balaban J connectivity index is 1.54. The quantitative estimate of drug-likeness (QED) is 0.653. The lowest BCUT2D eigenvalue weighted by Crippen LogP contribution is -2.00. The van der Waals surface area contributed by atoms with Gasteiger partial charge in [-0.3, -0.25) is 0 Å². The number of benzene rings is 1. The van der Waals surface area contributed by atoms with Crippen LogP contribution in [0.15, 0.2) is 34.9 Å². The molecule has 3 aromatic rings. The molecule has 0 saturated carbocycles. The number of hydrogen-bond acceptors (Lipinski definition) is 3. The first-order valence-electron chi connectivity index (χ1n) is 7.01. The van der Waals surface area contributed by atoms with Crippen LogP contribution >= 0.6 is 27.5 Å². The van der Waals surface area contributed by atoms with E-state index in [4.69, 9.17) is 16.3 Å². The van der Waals surface area contributed by atoms with Crippen LogP contribution in [0.3, 0.4) is 0 Å². The maximum atomic E-state index is 6.07. The summed E-state index contributed by atoms with van der Waals surface area (Å²) in [5.74, 6) is 1.72. The van der Waals surface area contributed by atoms with Crippen molar-refractivity contribution in [3.8, 4) is 5.75 Å².